The van der Waals surface area contributed by atoms with Gasteiger partial charge >= 0.3 is 0 Å². The molecule has 1 heterocycles. The Morgan fingerprint density at radius 1 is 1.16 bits per heavy atom. The predicted molar refractivity (Wildman–Crippen MR) is 103 cm³/mol. The second-order valence-corrected chi connectivity index (χ2v) is 6.35. The Labute approximate surface area is 159 Å². The van der Waals surface area contributed by atoms with Crippen LogP contribution in [-0.2, 0) is 4.79 Å². The van der Waals surface area contributed by atoms with Crippen LogP contribution in [0.5, 0.6) is 0 Å². The molecule has 0 saturated carbocycles. The maximum Gasteiger partial charge on any atom is 0.286 e. The third kappa shape index (κ3) is 3.86. The Kier molecular flexibility index (Phi) is 5.87. The van der Waals surface area contributed by atoms with Crippen molar-refractivity contribution in [1.82, 2.24) is 0 Å². The first-order chi connectivity index (χ1) is 11.5. The fraction of sp³-hybridized carbons (Fsp3) is 0.111. The van der Waals surface area contributed by atoms with E-state index >= 15 is 0 Å². The van der Waals surface area contributed by atoms with E-state index in [1.54, 1.807) is 25.1 Å². The second kappa shape index (κ2) is 7.72. The van der Waals surface area contributed by atoms with Gasteiger partial charge in [-0.1, -0.05) is 46.3 Å². The molecule has 1 unspecified atom stereocenters. The Balaban J connectivity index is 0.00000225. The molecule has 0 aliphatic rings. The number of halogens is 2. The number of rotatable bonds is 4. The predicted octanol–water partition coefficient (Wildman–Crippen LogP) is 4.46. The monoisotopic (exact) mass is 422 g/mol. The fourth-order valence-corrected chi connectivity index (χ4v) is 2.85. The van der Waals surface area contributed by atoms with Gasteiger partial charge in [-0.15, -0.1) is 12.4 Å². The van der Waals surface area contributed by atoms with Crippen molar-refractivity contribution in [1.29, 1.82) is 0 Å². The van der Waals surface area contributed by atoms with Gasteiger partial charge in [-0.2, -0.15) is 0 Å². The SMILES string of the molecule is CC(C(=O)Nc1c(C(N)=O)oc2ccc(Br)cc12)c1ccccc1.Cl. The summed E-state index contributed by atoms with van der Waals surface area (Å²) in [5, 5.41) is 3.40. The van der Waals surface area contributed by atoms with Crippen LogP contribution in [0.2, 0.25) is 0 Å². The summed E-state index contributed by atoms with van der Waals surface area (Å²) in [7, 11) is 0. The van der Waals surface area contributed by atoms with Crippen LogP contribution in [0, 0.1) is 0 Å². The van der Waals surface area contributed by atoms with Gasteiger partial charge in [-0.3, -0.25) is 9.59 Å². The van der Waals surface area contributed by atoms with Gasteiger partial charge in [-0.25, -0.2) is 0 Å². The molecule has 5 nitrogen and oxygen atoms in total. The Bertz CT molecular complexity index is 925. The molecule has 0 radical (unpaired) electrons. The van der Waals surface area contributed by atoms with Gasteiger partial charge in [0.15, 0.2) is 0 Å². The Morgan fingerprint density at radius 2 is 1.84 bits per heavy atom. The molecule has 25 heavy (non-hydrogen) atoms. The van der Waals surface area contributed by atoms with Crippen LogP contribution in [0.25, 0.3) is 11.0 Å². The molecule has 0 aliphatic heterocycles. The van der Waals surface area contributed by atoms with Gasteiger partial charge in [-0.05, 0) is 30.7 Å². The molecule has 130 valence electrons. The van der Waals surface area contributed by atoms with Crippen molar-refractivity contribution in [2.45, 2.75) is 12.8 Å². The average Bonchev–Trinajstić information content (AvgIpc) is 2.93. The lowest BCUT2D eigenvalue weighted by molar-refractivity contribution is -0.117. The quantitative estimate of drug-likeness (QED) is 0.650. The Hall–Kier alpha value is -2.31. The summed E-state index contributed by atoms with van der Waals surface area (Å²) >= 11 is 3.37. The van der Waals surface area contributed by atoms with Gasteiger partial charge in [0.25, 0.3) is 5.91 Å². The van der Waals surface area contributed by atoms with E-state index in [1.165, 1.54) is 0 Å². The molecule has 3 aromatic rings. The molecule has 3 rings (SSSR count). The average molecular weight is 424 g/mol. The lowest BCUT2D eigenvalue weighted by atomic mass is 10.0. The van der Waals surface area contributed by atoms with E-state index in [2.05, 4.69) is 21.2 Å². The van der Waals surface area contributed by atoms with Crippen LogP contribution in [-0.4, -0.2) is 11.8 Å². The molecule has 7 heteroatoms. The van der Waals surface area contributed by atoms with Crippen molar-refractivity contribution in [2.75, 3.05) is 5.32 Å². The first-order valence-corrected chi connectivity index (χ1v) is 8.14. The molecule has 0 aliphatic carbocycles. The van der Waals surface area contributed by atoms with Gasteiger partial charge < -0.3 is 15.5 Å². The number of fused-ring (bicyclic) bond motifs is 1. The smallest absolute Gasteiger partial charge is 0.286 e. The van der Waals surface area contributed by atoms with Crippen molar-refractivity contribution >= 4 is 56.8 Å². The van der Waals surface area contributed by atoms with Crippen LogP contribution >= 0.6 is 28.3 Å². The van der Waals surface area contributed by atoms with Crippen LogP contribution in [0.15, 0.2) is 57.4 Å². The van der Waals surface area contributed by atoms with Crippen molar-refractivity contribution in [2.24, 2.45) is 5.73 Å². The third-order valence-corrected chi connectivity index (χ3v) is 4.31. The molecular weight excluding hydrogens is 408 g/mol. The van der Waals surface area contributed by atoms with Crippen LogP contribution < -0.4 is 11.1 Å². The summed E-state index contributed by atoms with van der Waals surface area (Å²) in [4.78, 5) is 24.3. The summed E-state index contributed by atoms with van der Waals surface area (Å²) < 4.78 is 6.30. The molecule has 2 aromatic carbocycles. The normalized spacial score (nSPS) is 11.6. The van der Waals surface area contributed by atoms with Gasteiger partial charge in [0.1, 0.15) is 11.3 Å². The van der Waals surface area contributed by atoms with Gasteiger partial charge in [0.05, 0.1) is 5.92 Å². The van der Waals surface area contributed by atoms with Crippen molar-refractivity contribution < 1.29 is 14.0 Å². The number of furan rings is 1. The standard InChI is InChI=1S/C18H15BrN2O3.ClH/c1-10(11-5-3-2-4-6-11)18(23)21-15-13-9-12(19)7-8-14(13)24-16(15)17(20)22;/h2-10H,1H3,(H2,20,22)(H,21,23);1H. The highest BCUT2D eigenvalue weighted by Gasteiger charge is 2.23. The summed E-state index contributed by atoms with van der Waals surface area (Å²) in [6.45, 7) is 1.80. The topological polar surface area (TPSA) is 85.3 Å². The maximum absolute atomic E-state index is 12.6. The number of hydrogen-bond acceptors (Lipinski definition) is 3. The number of anilines is 1. The van der Waals surface area contributed by atoms with E-state index in [-0.39, 0.29) is 30.0 Å². The molecule has 2 amide bonds. The number of benzene rings is 2. The minimum Gasteiger partial charge on any atom is -0.449 e. The summed E-state index contributed by atoms with van der Waals surface area (Å²) in [5.74, 6) is -1.42. The minimum atomic E-state index is -0.731. The second-order valence-electron chi connectivity index (χ2n) is 5.43. The zero-order valence-electron chi connectivity index (χ0n) is 13.3. The zero-order valence-corrected chi connectivity index (χ0v) is 15.7. The largest absolute Gasteiger partial charge is 0.449 e. The molecule has 0 fully saturated rings. The molecule has 0 bridgehead atoms. The molecule has 1 aromatic heterocycles. The Morgan fingerprint density at radius 3 is 2.48 bits per heavy atom. The van der Waals surface area contributed by atoms with Crippen molar-refractivity contribution in [3.05, 3.63) is 64.3 Å². The van der Waals surface area contributed by atoms with E-state index in [0.717, 1.165) is 10.0 Å². The third-order valence-electron chi connectivity index (χ3n) is 3.81. The van der Waals surface area contributed by atoms with Crippen LogP contribution in [0.4, 0.5) is 5.69 Å². The van der Waals surface area contributed by atoms with Gasteiger partial charge in [0, 0.05) is 9.86 Å². The number of nitrogens with one attached hydrogen (secondary N) is 1. The minimum absolute atomic E-state index is 0. The first kappa shape index (κ1) is 19.0. The van der Waals surface area contributed by atoms with Crippen molar-refractivity contribution in [3.8, 4) is 0 Å². The molecule has 3 N–H and O–H groups in total. The lowest BCUT2D eigenvalue weighted by Gasteiger charge is -2.12. The van der Waals surface area contributed by atoms with Crippen LogP contribution in [0.3, 0.4) is 0 Å². The summed E-state index contributed by atoms with van der Waals surface area (Å²) in [6.07, 6.45) is 0. The lowest BCUT2D eigenvalue weighted by Crippen LogP contribution is -2.21. The van der Waals surface area contributed by atoms with Gasteiger partial charge in [0.2, 0.25) is 11.7 Å². The van der Waals surface area contributed by atoms with E-state index in [4.69, 9.17) is 10.2 Å². The number of amides is 2. The summed E-state index contributed by atoms with van der Waals surface area (Å²) in [6, 6.07) is 14.7. The number of nitrogens with two attached hydrogens (primary N) is 1. The van der Waals surface area contributed by atoms with E-state index in [9.17, 15) is 9.59 Å². The zero-order chi connectivity index (χ0) is 17.3. The first-order valence-electron chi connectivity index (χ1n) is 7.35. The fourth-order valence-electron chi connectivity index (χ4n) is 2.49. The highest BCUT2D eigenvalue weighted by molar-refractivity contribution is 9.10. The summed E-state index contributed by atoms with van der Waals surface area (Å²) in [5.41, 5.74) is 7.04. The van der Waals surface area contributed by atoms with E-state index in [1.807, 2.05) is 30.3 Å². The highest BCUT2D eigenvalue weighted by Crippen LogP contribution is 2.33. The van der Waals surface area contributed by atoms with E-state index < -0.39 is 5.91 Å². The molecule has 0 spiro atoms. The number of carbonyl (C=O) groups is 2. The number of hydrogen-bond donors (Lipinski definition) is 2. The van der Waals surface area contributed by atoms with Crippen molar-refractivity contribution in [3.63, 3.8) is 0 Å². The maximum atomic E-state index is 12.6. The van der Waals surface area contributed by atoms with Crippen LogP contribution in [0.1, 0.15) is 29.0 Å². The molecule has 1 atom stereocenters. The molecule has 0 saturated heterocycles. The number of primary amides is 1. The van der Waals surface area contributed by atoms with E-state index in [0.29, 0.717) is 16.7 Å². The highest BCUT2D eigenvalue weighted by atomic mass is 79.9. The molecular formula is C18H16BrClN2O3. The number of carbonyl (C=O) groups excluding carboxylic acids is 2.